The Morgan fingerprint density at radius 3 is 2.78 bits per heavy atom. The molecule has 0 saturated heterocycles. The molecule has 3 rings (SSSR count). The number of nitrogens with zero attached hydrogens (tertiary/aromatic N) is 4. The van der Waals surface area contributed by atoms with Crippen LogP contribution >= 0.6 is 11.8 Å². The van der Waals surface area contributed by atoms with Crippen LogP contribution in [0.2, 0.25) is 0 Å². The van der Waals surface area contributed by atoms with Gasteiger partial charge in [-0.3, -0.25) is 24.2 Å². The molecule has 0 radical (unpaired) electrons. The number of thioether (sulfide) groups is 1. The minimum atomic E-state index is -0.698. The lowest BCUT2D eigenvalue weighted by Gasteiger charge is -2.24. The molecule has 1 aliphatic carbocycles. The minimum Gasteiger partial charge on any atom is -0.383 e. The van der Waals surface area contributed by atoms with Gasteiger partial charge in [-0.05, 0) is 19.3 Å². The van der Waals surface area contributed by atoms with E-state index in [1.807, 2.05) is 6.92 Å². The van der Waals surface area contributed by atoms with Crippen LogP contribution < -0.4 is 21.9 Å². The Labute approximate surface area is 190 Å². The lowest BCUT2D eigenvalue weighted by atomic mass is 10.1. The van der Waals surface area contributed by atoms with Crippen LogP contribution in [0.4, 0.5) is 11.5 Å². The Balaban J connectivity index is 1.79. The number of nitrogens with one attached hydrogen (secondary N) is 2. The van der Waals surface area contributed by atoms with Crippen LogP contribution in [0, 0.1) is 0 Å². The first-order valence-corrected chi connectivity index (χ1v) is 11.9. The maximum atomic E-state index is 13.1. The number of aromatic amines is 2. The molecule has 1 fully saturated rings. The average molecular weight is 466 g/mol. The van der Waals surface area contributed by atoms with E-state index in [-0.39, 0.29) is 36.3 Å². The van der Waals surface area contributed by atoms with Gasteiger partial charge in [-0.1, -0.05) is 37.9 Å². The van der Waals surface area contributed by atoms with E-state index in [4.69, 9.17) is 10.5 Å². The van der Waals surface area contributed by atoms with Gasteiger partial charge in [0, 0.05) is 26.1 Å². The molecule has 2 aromatic heterocycles. The molecule has 176 valence electrons. The van der Waals surface area contributed by atoms with Crippen molar-refractivity contribution in [1.82, 2.24) is 24.7 Å². The number of hydrogen-bond acceptors (Lipinski definition) is 8. The largest absolute Gasteiger partial charge is 0.383 e. The smallest absolute Gasteiger partial charge is 0.330 e. The third-order valence-corrected chi connectivity index (χ3v) is 6.42. The fourth-order valence-corrected chi connectivity index (χ4v) is 4.51. The third kappa shape index (κ3) is 5.60. The molecule has 0 aliphatic heterocycles. The molecule has 0 spiro atoms. The first-order chi connectivity index (χ1) is 15.5. The van der Waals surface area contributed by atoms with Gasteiger partial charge in [0.1, 0.15) is 11.6 Å². The number of rotatable bonds is 11. The number of aromatic nitrogens is 5. The summed E-state index contributed by atoms with van der Waals surface area (Å²) < 4.78 is 6.41. The minimum absolute atomic E-state index is 0.0125. The highest BCUT2D eigenvalue weighted by atomic mass is 32.2. The lowest BCUT2D eigenvalue weighted by molar-refractivity contribution is -0.116. The zero-order valence-corrected chi connectivity index (χ0v) is 19.4. The molecule has 1 aliphatic rings. The Morgan fingerprint density at radius 2 is 2.09 bits per heavy atom. The first kappa shape index (κ1) is 24.1. The number of unbranched alkanes of at least 4 members (excludes halogenated alkanes) is 1. The van der Waals surface area contributed by atoms with Gasteiger partial charge in [0.25, 0.3) is 5.56 Å². The molecule has 2 heterocycles. The molecule has 2 aromatic rings. The zero-order valence-electron chi connectivity index (χ0n) is 18.6. The van der Waals surface area contributed by atoms with E-state index >= 15 is 0 Å². The van der Waals surface area contributed by atoms with Gasteiger partial charge in [0.2, 0.25) is 11.1 Å². The van der Waals surface area contributed by atoms with E-state index in [0.717, 1.165) is 25.1 Å². The summed E-state index contributed by atoms with van der Waals surface area (Å²) in [5, 5.41) is 7.68. The summed E-state index contributed by atoms with van der Waals surface area (Å²) in [6.07, 6.45) is 6.14. The molecular formula is C20H31N7O4S. The molecule has 0 bridgehead atoms. The van der Waals surface area contributed by atoms with Crippen LogP contribution in [0.15, 0.2) is 14.7 Å². The maximum absolute atomic E-state index is 13.1. The van der Waals surface area contributed by atoms with E-state index in [2.05, 4.69) is 20.2 Å². The summed E-state index contributed by atoms with van der Waals surface area (Å²) in [6, 6.07) is 0. The van der Waals surface area contributed by atoms with Gasteiger partial charge >= 0.3 is 5.69 Å². The van der Waals surface area contributed by atoms with Crippen molar-refractivity contribution in [1.29, 1.82) is 0 Å². The Morgan fingerprint density at radius 1 is 1.34 bits per heavy atom. The Hall–Kier alpha value is -2.60. The number of carbonyl (C=O) groups excluding carboxylic acids is 1. The molecule has 0 aromatic carbocycles. The average Bonchev–Trinajstić information content (AvgIpc) is 3.46. The summed E-state index contributed by atoms with van der Waals surface area (Å²) >= 11 is 1.19. The topological polar surface area (TPSA) is 152 Å². The highest BCUT2D eigenvalue weighted by molar-refractivity contribution is 7.99. The van der Waals surface area contributed by atoms with Gasteiger partial charge < -0.3 is 15.4 Å². The lowest BCUT2D eigenvalue weighted by Crippen LogP contribution is -2.43. The van der Waals surface area contributed by atoms with Crippen molar-refractivity contribution in [2.45, 2.75) is 63.1 Å². The highest BCUT2D eigenvalue weighted by Gasteiger charge is 2.25. The van der Waals surface area contributed by atoms with Crippen molar-refractivity contribution in [3.63, 3.8) is 0 Å². The van der Waals surface area contributed by atoms with Gasteiger partial charge in [-0.25, -0.2) is 9.78 Å². The Kier molecular flexibility index (Phi) is 8.51. The second-order valence-electron chi connectivity index (χ2n) is 7.81. The molecular weight excluding hydrogens is 434 g/mol. The fraction of sp³-hybridized carbons (Fsp3) is 0.650. The van der Waals surface area contributed by atoms with Crippen molar-refractivity contribution < 1.29 is 9.53 Å². The summed E-state index contributed by atoms with van der Waals surface area (Å²) in [7, 11) is 1.51. The predicted molar refractivity (Wildman–Crippen MR) is 123 cm³/mol. The number of amides is 1. The van der Waals surface area contributed by atoms with Gasteiger partial charge in [0.05, 0.1) is 12.4 Å². The molecule has 1 saturated carbocycles. The van der Waals surface area contributed by atoms with E-state index in [9.17, 15) is 14.4 Å². The van der Waals surface area contributed by atoms with Crippen molar-refractivity contribution in [2.75, 3.05) is 36.6 Å². The first-order valence-electron chi connectivity index (χ1n) is 10.9. The van der Waals surface area contributed by atoms with Crippen molar-refractivity contribution in [3.05, 3.63) is 26.7 Å². The van der Waals surface area contributed by atoms with Crippen LogP contribution in [0.1, 0.15) is 57.2 Å². The van der Waals surface area contributed by atoms with Crippen LogP contribution in [-0.2, 0) is 16.1 Å². The second-order valence-corrected chi connectivity index (χ2v) is 8.75. The van der Waals surface area contributed by atoms with E-state index < -0.39 is 11.2 Å². The second kappa shape index (κ2) is 11.3. The number of anilines is 2. The summed E-state index contributed by atoms with van der Waals surface area (Å²) in [6.45, 7) is 2.67. The highest BCUT2D eigenvalue weighted by Crippen LogP contribution is 2.32. The summed E-state index contributed by atoms with van der Waals surface area (Å²) in [4.78, 5) is 46.0. The van der Waals surface area contributed by atoms with Crippen molar-refractivity contribution in [3.8, 4) is 0 Å². The van der Waals surface area contributed by atoms with E-state index in [0.29, 0.717) is 24.0 Å². The Bertz CT molecular complexity index is 1030. The molecule has 0 unspecified atom stereocenters. The number of hydrogen-bond donors (Lipinski definition) is 3. The molecule has 1 amide bonds. The number of nitrogens with two attached hydrogens (primary N) is 1. The van der Waals surface area contributed by atoms with Crippen molar-refractivity contribution in [2.24, 2.45) is 0 Å². The monoisotopic (exact) mass is 465 g/mol. The van der Waals surface area contributed by atoms with Crippen molar-refractivity contribution >= 4 is 29.2 Å². The quantitative estimate of drug-likeness (QED) is 0.422. The van der Waals surface area contributed by atoms with Crippen LogP contribution in [0.25, 0.3) is 0 Å². The molecule has 4 N–H and O–H groups in total. The van der Waals surface area contributed by atoms with Gasteiger partial charge in [-0.2, -0.15) is 0 Å². The maximum Gasteiger partial charge on any atom is 0.330 e. The number of carbonyl (C=O) groups is 1. The number of methoxy groups -OCH3 is 1. The number of H-pyrrole nitrogens is 2. The normalized spacial score (nSPS) is 14.2. The van der Waals surface area contributed by atoms with Gasteiger partial charge in [-0.15, -0.1) is 5.10 Å². The molecule has 11 nitrogen and oxygen atoms in total. The summed E-state index contributed by atoms with van der Waals surface area (Å²) in [5.74, 6) is 0.893. The third-order valence-electron chi connectivity index (χ3n) is 5.59. The predicted octanol–water partition coefficient (Wildman–Crippen LogP) is 1.47. The van der Waals surface area contributed by atoms with E-state index in [1.54, 1.807) is 0 Å². The number of nitrogen functional groups attached to an aromatic ring is 1. The summed E-state index contributed by atoms with van der Waals surface area (Å²) in [5.41, 5.74) is 4.87. The van der Waals surface area contributed by atoms with Gasteiger partial charge in [0.15, 0.2) is 5.69 Å². The molecule has 32 heavy (non-hydrogen) atoms. The van der Waals surface area contributed by atoms with E-state index in [1.165, 1.54) is 41.2 Å². The van der Waals surface area contributed by atoms with Crippen LogP contribution in [-0.4, -0.2) is 56.7 Å². The standard InChI is InChI=1S/C20H31N7O4S/c1-3-4-9-27-16(21)15(18(29)23-20(27)30)26(10-11-31-2)14(28)12-32-19-22-17(24-25-19)13-7-5-6-8-13/h13H,3-12,21H2,1-2H3,(H,22,24,25)(H,23,29,30). The molecule has 12 heteroatoms. The SMILES string of the molecule is CCCCn1c(N)c(N(CCOC)C(=O)CSc2n[nH]c(C3CCCC3)n2)c(=O)[nH]c1=O. The van der Waals surface area contributed by atoms with Crippen LogP contribution in [0.3, 0.4) is 0 Å². The zero-order chi connectivity index (χ0) is 23.1. The fourth-order valence-electron chi connectivity index (χ4n) is 3.83. The number of ether oxygens (including phenoxy) is 1. The molecule has 0 atom stereocenters. The van der Waals surface area contributed by atoms with Crippen LogP contribution in [0.5, 0.6) is 0 Å².